The average molecular weight is 711 g/mol. The van der Waals surface area contributed by atoms with Crippen LogP contribution in [0.1, 0.15) is 41.3 Å². The summed E-state index contributed by atoms with van der Waals surface area (Å²) in [4.78, 5) is 12.4. The Hall–Kier alpha value is 0.0100. The Morgan fingerprint density at radius 1 is 1.12 bits per heavy atom. The summed E-state index contributed by atoms with van der Waals surface area (Å²) in [6, 6.07) is 6.48. The summed E-state index contributed by atoms with van der Waals surface area (Å²) in [5.41, 5.74) is 0.931. The summed E-state index contributed by atoms with van der Waals surface area (Å²) in [6.45, 7) is 5.11. The van der Waals surface area contributed by atoms with Crippen LogP contribution < -0.4 is 4.74 Å². The molecule has 0 spiro atoms. The number of carbonyl (C=O) groups is 1. The SMILES string of the molecule is Cc1cc(S(=O)(=O)[O-])c(C(C)C)cc1C(=O)Oc1c(I)ccc(I)c1I. The minimum Gasteiger partial charge on any atom is -0.744 e. The second-order valence-electron chi connectivity index (χ2n) is 5.88. The number of esters is 1. The van der Waals surface area contributed by atoms with E-state index in [1.807, 2.05) is 12.1 Å². The highest BCUT2D eigenvalue weighted by molar-refractivity contribution is 14.1. The third-order valence-corrected chi connectivity index (χ3v) is 8.41. The molecule has 0 amide bonds. The lowest BCUT2D eigenvalue weighted by molar-refractivity contribution is 0.0731. The first-order chi connectivity index (χ1) is 11.9. The lowest BCUT2D eigenvalue weighted by atomic mass is 9.97. The smallest absolute Gasteiger partial charge is 0.343 e. The quantitative estimate of drug-likeness (QED) is 0.146. The van der Waals surface area contributed by atoms with Crippen molar-refractivity contribution in [3.05, 3.63) is 51.7 Å². The van der Waals surface area contributed by atoms with E-state index in [0.29, 0.717) is 16.9 Å². The van der Waals surface area contributed by atoms with Crippen LogP contribution >= 0.6 is 67.8 Å². The predicted molar refractivity (Wildman–Crippen MR) is 123 cm³/mol. The Labute approximate surface area is 193 Å². The van der Waals surface area contributed by atoms with Gasteiger partial charge in [-0.15, -0.1) is 0 Å². The van der Waals surface area contributed by atoms with Gasteiger partial charge in [-0.25, -0.2) is 13.2 Å². The third-order valence-electron chi connectivity index (χ3n) is 3.66. The van der Waals surface area contributed by atoms with E-state index in [9.17, 15) is 17.8 Å². The van der Waals surface area contributed by atoms with Crippen LogP contribution in [0.3, 0.4) is 0 Å². The molecule has 140 valence electrons. The molecular weight excluding hydrogens is 697 g/mol. The van der Waals surface area contributed by atoms with Gasteiger partial charge in [-0.2, -0.15) is 0 Å². The summed E-state index contributed by atoms with van der Waals surface area (Å²) < 4.78 is 42.8. The second-order valence-corrected chi connectivity index (χ2v) is 10.6. The van der Waals surface area contributed by atoms with Gasteiger partial charge in [-0.3, -0.25) is 0 Å². The maximum Gasteiger partial charge on any atom is 0.343 e. The lowest BCUT2D eigenvalue weighted by Gasteiger charge is -2.19. The molecule has 0 N–H and O–H groups in total. The Morgan fingerprint density at radius 3 is 2.23 bits per heavy atom. The molecule has 0 aliphatic carbocycles. The summed E-state index contributed by atoms with van der Waals surface area (Å²) >= 11 is 6.36. The standard InChI is InChI=1S/C17H15I3O5S/c1-8(2)10-7-11(9(3)6-14(10)26(22,23)24)17(21)25-16-13(19)5-4-12(18)15(16)20/h4-8H,1-3H3,(H,22,23,24)/p-1. The van der Waals surface area contributed by atoms with Gasteiger partial charge in [0.25, 0.3) is 0 Å². The summed E-state index contributed by atoms with van der Waals surface area (Å²) in [7, 11) is -4.63. The normalized spacial score (nSPS) is 11.7. The molecule has 2 aromatic carbocycles. The molecule has 0 saturated carbocycles. The molecule has 2 aromatic rings. The van der Waals surface area contributed by atoms with Crippen LogP contribution in [0.2, 0.25) is 0 Å². The topological polar surface area (TPSA) is 83.5 Å². The monoisotopic (exact) mass is 711 g/mol. The maximum absolute atomic E-state index is 12.7. The van der Waals surface area contributed by atoms with Crippen molar-refractivity contribution in [3.8, 4) is 5.75 Å². The average Bonchev–Trinajstić information content (AvgIpc) is 2.53. The molecule has 0 atom stereocenters. The molecule has 0 saturated heterocycles. The highest BCUT2D eigenvalue weighted by atomic mass is 127. The number of ether oxygens (including phenoxy) is 1. The molecular formula is C17H14I3O5S-. The molecule has 0 aromatic heterocycles. The van der Waals surface area contributed by atoms with Crippen LogP contribution in [0, 0.1) is 17.6 Å². The first-order valence-electron chi connectivity index (χ1n) is 7.39. The molecule has 0 bridgehead atoms. The van der Waals surface area contributed by atoms with E-state index in [4.69, 9.17) is 4.74 Å². The number of hydrogen-bond donors (Lipinski definition) is 0. The summed E-state index contributed by atoms with van der Waals surface area (Å²) in [5, 5.41) is 0. The van der Waals surface area contributed by atoms with Gasteiger partial charge in [-0.1, -0.05) is 13.8 Å². The van der Waals surface area contributed by atoms with Crippen molar-refractivity contribution in [2.75, 3.05) is 0 Å². The Kier molecular flexibility index (Phi) is 7.35. The van der Waals surface area contributed by atoms with Crippen molar-refractivity contribution in [2.45, 2.75) is 31.6 Å². The van der Waals surface area contributed by atoms with Crippen molar-refractivity contribution in [3.63, 3.8) is 0 Å². The maximum atomic E-state index is 12.7. The highest BCUT2D eigenvalue weighted by Gasteiger charge is 2.21. The zero-order chi connectivity index (χ0) is 19.8. The summed E-state index contributed by atoms with van der Waals surface area (Å²) in [6.07, 6.45) is 0. The van der Waals surface area contributed by atoms with E-state index in [1.54, 1.807) is 20.8 Å². The number of halogens is 3. The molecule has 5 nitrogen and oxygen atoms in total. The van der Waals surface area contributed by atoms with Crippen LogP contribution in [0.5, 0.6) is 5.75 Å². The molecule has 26 heavy (non-hydrogen) atoms. The van der Waals surface area contributed by atoms with Crippen molar-refractivity contribution in [1.29, 1.82) is 0 Å². The van der Waals surface area contributed by atoms with E-state index in [2.05, 4.69) is 67.8 Å². The lowest BCUT2D eigenvalue weighted by Crippen LogP contribution is -2.15. The first-order valence-corrected chi connectivity index (χ1v) is 12.0. The molecule has 0 fully saturated rings. The van der Waals surface area contributed by atoms with E-state index >= 15 is 0 Å². The minimum atomic E-state index is -4.63. The van der Waals surface area contributed by atoms with E-state index < -0.39 is 16.1 Å². The Bertz CT molecular complexity index is 984. The fraction of sp³-hybridized carbons (Fsp3) is 0.235. The van der Waals surface area contributed by atoms with Crippen LogP contribution in [0.4, 0.5) is 0 Å². The minimum absolute atomic E-state index is 0.237. The second kappa shape index (κ2) is 8.57. The van der Waals surface area contributed by atoms with Crippen LogP contribution in [-0.4, -0.2) is 18.9 Å². The van der Waals surface area contributed by atoms with Gasteiger partial charge in [0.15, 0.2) is 5.75 Å². The van der Waals surface area contributed by atoms with Crippen molar-refractivity contribution < 1.29 is 22.5 Å². The highest BCUT2D eigenvalue weighted by Crippen LogP contribution is 2.33. The number of hydrogen-bond acceptors (Lipinski definition) is 5. The molecule has 0 aliphatic rings. The van der Waals surface area contributed by atoms with Crippen molar-refractivity contribution in [2.24, 2.45) is 0 Å². The van der Waals surface area contributed by atoms with Gasteiger partial charge in [-0.05, 0) is 116 Å². The fourth-order valence-electron chi connectivity index (χ4n) is 2.34. The Morgan fingerprint density at radius 2 is 1.69 bits per heavy atom. The van der Waals surface area contributed by atoms with E-state index in [0.717, 1.165) is 10.7 Å². The fourth-order valence-corrected chi connectivity index (χ4v) is 5.32. The molecule has 2 rings (SSSR count). The van der Waals surface area contributed by atoms with Crippen molar-refractivity contribution in [1.82, 2.24) is 0 Å². The zero-order valence-electron chi connectivity index (χ0n) is 14.0. The van der Waals surface area contributed by atoms with E-state index in [1.165, 1.54) is 12.1 Å². The number of rotatable bonds is 4. The largest absolute Gasteiger partial charge is 0.744 e. The molecule has 9 heteroatoms. The van der Waals surface area contributed by atoms with Crippen LogP contribution in [-0.2, 0) is 10.1 Å². The van der Waals surface area contributed by atoms with E-state index in [-0.39, 0.29) is 16.4 Å². The van der Waals surface area contributed by atoms with Gasteiger partial charge in [0.2, 0.25) is 0 Å². The molecule has 0 aliphatic heterocycles. The zero-order valence-corrected chi connectivity index (χ0v) is 21.3. The molecule has 0 unspecified atom stereocenters. The first kappa shape index (κ1) is 22.3. The van der Waals surface area contributed by atoms with Gasteiger partial charge < -0.3 is 9.29 Å². The number of benzene rings is 2. The third kappa shape index (κ3) is 4.89. The summed E-state index contributed by atoms with van der Waals surface area (Å²) in [5.74, 6) is -0.356. The Balaban J connectivity index is 2.54. The molecule has 0 heterocycles. The van der Waals surface area contributed by atoms with Crippen LogP contribution in [0.15, 0.2) is 29.2 Å². The van der Waals surface area contributed by atoms with Gasteiger partial charge in [0, 0.05) is 3.57 Å². The van der Waals surface area contributed by atoms with Gasteiger partial charge >= 0.3 is 5.97 Å². The van der Waals surface area contributed by atoms with Crippen molar-refractivity contribution >= 4 is 83.9 Å². The predicted octanol–water partition coefficient (Wildman–Crippen LogP) is 5.06. The number of carbonyl (C=O) groups excluding carboxylic acids is 1. The van der Waals surface area contributed by atoms with Gasteiger partial charge in [0.1, 0.15) is 10.1 Å². The van der Waals surface area contributed by atoms with Crippen LogP contribution in [0.25, 0.3) is 0 Å². The number of aryl methyl sites for hydroxylation is 1. The molecule has 0 radical (unpaired) electrons. The van der Waals surface area contributed by atoms with Gasteiger partial charge in [0.05, 0.1) is 17.6 Å².